The number of nitrogens with zero attached hydrogens (tertiary/aromatic N) is 1. The summed E-state index contributed by atoms with van der Waals surface area (Å²) in [5.41, 5.74) is 1.27. The molecule has 1 aliphatic heterocycles. The third kappa shape index (κ3) is 3.03. The van der Waals surface area contributed by atoms with E-state index in [0.29, 0.717) is 13.2 Å². The number of rotatable bonds is 3. The number of hydrogen-bond donors (Lipinski definition) is 0. The fourth-order valence-electron chi connectivity index (χ4n) is 1.99. The molecule has 2 nitrogen and oxygen atoms in total. The second kappa shape index (κ2) is 5.41. The smallest absolute Gasteiger partial charge is 0.125 e. The maximum absolute atomic E-state index is 13.1. The van der Waals surface area contributed by atoms with Gasteiger partial charge in [-0.2, -0.15) is 0 Å². The minimum Gasteiger partial charge on any atom is -0.373 e. The van der Waals surface area contributed by atoms with Gasteiger partial charge in [-0.15, -0.1) is 0 Å². The van der Waals surface area contributed by atoms with E-state index in [4.69, 9.17) is 4.74 Å². The molecule has 1 saturated heterocycles. The number of morpholine rings is 1. The van der Waals surface area contributed by atoms with Crippen molar-refractivity contribution in [3.8, 4) is 0 Å². The van der Waals surface area contributed by atoms with Crippen molar-refractivity contribution < 1.29 is 9.13 Å². The summed E-state index contributed by atoms with van der Waals surface area (Å²) in [6.45, 7) is 4.65. The molecular formula is C13H18FNO. The van der Waals surface area contributed by atoms with Gasteiger partial charge in [0.05, 0.1) is 6.61 Å². The summed E-state index contributed by atoms with van der Waals surface area (Å²) < 4.78 is 18.5. The molecule has 0 N–H and O–H groups in total. The predicted octanol–water partition coefficient (Wildman–Crippen LogP) is 2.25. The summed E-state index contributed by atoms with van der Waals surface area (Å²) in [6, 6.07) is 10.3. The number of hydrogen-bond acceptors (Lipinski definition) is 2. The molecule has 2 atom stereocenters. The van der Waals surface area contributed by atoms with Crippen molar-refractivity contribution in [3.05, 3.63) is 35.9 Å². The highest BCUT2D eigenvalue weighted by Gasteiger charge is 2.24. The van der Waals surface area contributed by atoms with Crippen molar-refractivity contribution in [1.82, 2.24) is 4.90 Å². The molecular weight excluding hydrogens is 205 g/mol. The van der Waals surface area contributed by atoms with Crippen LogP contribution >= 0.6 is 0 Å². The second-order valence-corrected chi connectivity index (χ2v) is 4.31. The van der Waals surface area contributed by atoms with Gasteiger partial charge in [0.25, 0.3) is 0 Å². The summed E-state index contributed by atoms with van der Waals surface area (Å²) in [6.07, 6.45) is -1.16. The summed E-state index contributed by atoms with van der Waals surface area (Å²) in [4.78, 5) is 2.25. The monoisotopic (exact) mass is 223 g/mol. The average Bonchev–Trinajstić information content (AvgIpc) is 2.30. The van der Waals surface area contributed by atoms with E-state index in [-0.39, 0.29) is 6.10 Å². The highest BCUT2D eigenvalue weighted by molar-refractivity contribution is 5.14. The predicted molar refractivity (Wildman–Crippen MR) is 62.0 cm³/mol. The molecule has 16 heavy (non-hydrogen) atoms. The standard InChI is InChI=1S/C13H18FNO/c1-11(14)13-10-15(7-8-16-13)9-12-5-3-2-4-6-12/h2-6,11,13H,7-10H2,1H3/t11-,13+/m0/s1. The Morgan fingerprint density at radius 2 is 2.19 bits per heavy atom. The molecule has 0 spiro atoms. The molecule has 0 bridgehead atoms. The fourth-order valence-corrected chi connectivity index (χ4v) is 1.99. The zero-order valence-electron chi connectivity index (χ0n) is 9.60. The lowest BCUT2D eigenvalue weighted by molar-refractivity contribution is -0.0634. The Morgan fingerprint density at radius 1 is 1.44 bits per heavy atom. The quantitative estimate of drug-likeness (QED) is 0.779. The van der Waals surface area contributed by atoms with Crippen LogP contribution in [0.25, 0.3) is 0 Å². The Kier molecular flexibility index (Phi) is 3.91. The largest absolute Gasteiger partial charge is 0.373 e. The number of alkyl halides is 1. The maximum atomic E-state index is 13.1. The molecule has 1 heterocycles. The van der Waals surface area contributed by atoms with E-state index in [1.807, 2.05) is 18.2 Å². The first kappa shape index (κ1) is 11.6. The molecule has 1 aromatic rings. The van der Waals surface area contributed by atoms with Gasteiger partial charge in [-0.1, -0.05) is 30.3 Å². The van der Waals surface area contributed by atoms with Crippen molar-refractivity contribution in [3.63, 3.8) is 0 Å². The van der Waals surface area contributed by atoms with Crippen LogP contribution in [0.15, 0.2) is 30.3 Å². The van der Waals surface area contributed by atoms with Crippen LogP contribution in [0.3, 0.4) is 0 Å². The summed E-state index contributed by atoms with van der Waals surface area (Å²) in [5, 5.41) is 0. The van der Waals surface area contributed by atoms with Gasteiger partial charge in [-0.25, -0.2) is 4.39 Å². The molecule has 0 amide bonds. The minimum absolute atomic E-state index is 0.266. The Bertz CT molecular complexity index is 315. The lowest BCUT2D eigenvalue weighted by Crippen LogP contribution is -2.45. The number of halogens is 1. The summed E-state index contributed by atoms with van der Waals surface area (Å²) >= 11 is 0. The zero-order valence-corrected chi connectivity index (χ0v) is 9.60. The molecule has 3 heteroatoms. The highest BCUT2D eigenvalue weighted by Crippen LogP contribution is 2.13. The van der Waals surface area contributed by atoms with Crippen molar-refractivity contribution >= 4 is 0 Å². The van der Waals surface area contributed by atoms with Crippen molar-refractivity contribution in [2.45, 2.75) is 25.7 Å². The van der Waals surface area contributed by atoms with Crippen LogP contribution in [0.5, 0.6) is 0 Å². The minimum atomic E-state index is -0.890. The summed E-state index contributed by atoms with van der Waals surface area (Å²) in [7, 11) is 0. The van der Waals surface area contributed by atoms with Gasteiger partial charge in [0, 0.05) is 19.6 Å². The third-order valence-electron chi connectivity index (χ3n) is 2.94. The van der Waals surface area contributed by atoms with Crippen LogP contribution in [0.1, 0.15) is 12.5 Å². The normalized spacial score (nSPS) is 24.2. The van der Waals surface area contributed by atoms with Gasteiger partial charge in [0.2, 0.25) is 0 Å². The first-order chi connectivity index (χ1) is 7.75. The van der Waals surface area contributed by atoms with Crippen LogP contribution in [0.2, 0.25) is 0 Å². The van der Waals surface area contributed by atoms with Gasteiger partial charge < -0.3 is 4.74 Å². The molecule has 2 rings (SSSR count). The first-order valence-electron chi connectivity index (χ1n) is 5.77. The Balaban J connectivity index is 1.90. The van der Waals surface area contributed by atoms with E-state index in [1.54, 1.807) is 6.92 Å². The van der Waals surface area contributed by atoms with Crippen molar-refractivity contribution in [1.29, 1.82) is 0 Å². The van der Waals surface area contributed by atoms with Crippen LogP contribution < -0.4 is 0 Å². The van der Waals surface area contributed by atoms with Crippen molar-refractivity contribution in [2.75, 3.05) is 19.7 Å². The van der Waals surface area contributed by atoms with Gasteiger partial charge in [0.15, 0.2) is 0 Å². The lowest BCUT2D eigenvalue weighted by atomic mass is 10.1. The third-order valence-corrected chi connectivity index (χ3v) is 2.94. The highest BCUT2D eigenvalue weighted by atomic mass is 19.1. The van der Waals surface area contributed by atoms with E-state index in [1.165, 1.54) is 5.56 Å². The molecule has 0 radical (unpaired) electrons. The first-order valence-corrected chi connectivity index (χ1v) is 5.77. The molecule has 0 aromatic heterocycles. The fraction of sp³-hybridized carbons (Fsp3) is 0.538. The van der Waals surface area contributed by atoms with Gasteiger partial charge >= 0.3 is 0 Å². The Morgan fingerprint density at radius 3 is 2.88 bits per heavy atom. The number of benzene rings is 1. The molecule has 0 aliphatic carbocycles. The molecule has 1 aliphatic rings. The molecule has 88 valence electrons. The van der Waals surface area contributed by atoms with Crippen LogP contribution in [-0.2, 0) is 11.3 Å². The molecule has 1 fully saturated rings. The van der Waals surface area contributed by atoms with Gasteiger partial charge in [-0.3, -0.25) is 4.90 Å². The zero-order chi connectivity index (χ0) is 11.4. The van der Waals surface area contributed by atoms with Gasteiger partial charge in [0.1, 0.15) is 12.3 Å². The second-order valence-electron chi connectivity index (χ2n) is 4.31. The van der Waals surface area contributed by atoms with E-state index in [2.05, 4.69) is 17.0 Å². The van der Waals surface area contributed by atoms with Crippen LogP contribution in [0.4, 0.5) is 4.39 Å². The van der Waals surface area contributed by atoms with Crippen molar-refractivity contribution in [2.24, 2.45) is 0 Å². The van der Waals surface area contributed by atoms with E-state index < -0.39 is 6.17 Å². The topological polar surface area (TPSA) is 12.5 Å². The molecule has 1 aromatic carbocycles. The van der Waals surface area contributed by atoms with Crippen LogP contribution in [-0.4, -0.2) is 36.9 Å². The van der Waals surface area contributed by atoms with Gasteiger partial charge in [-0.05, 0) is 12.5 Å². The summed E-state index contributed by atoms with van der Waals surface area (Å²) in [5.74, 6) is 0. The Labute approximate surface area is 96.0 Å². The van der Waals surface area contributed by atoms with E-state index in [0.717, 1.165) is 13.1 Å². The Hall–Kier alpha value is -0.930. The molecule has 0 unspecified atom stereocenters. The van der Waals surface area contributed by atoms with E-state index >= 15 is 0 Å². The molecule has 0 saturated carbocycles. The maximum Gasteiger partial charge on any atom is 0.125 e. The number of ether oxygens (including phenoxy) is 1. The average molecular weight is 223 g/mol. The van der Waals surface area contributed by atoms with Crippen LogP contribution in [0, 0.1) is 0 Å². The SMILES string of the molecule is C[C@H](F)[C@H]1CN(Cc2ccccc2)CCO1. The van der Waals surface area contributed by atoms with E-state index in [9.17, 15) is 4.39 Å². The lowest BCUT2D eigenvalue weighted by Gasteiger charge is -2.33.